The van der Waals surface area contributed by atoms with Gasteiger partial charge in [-0.25, -0.2) is 8.42 Å². The number of hydrogen-bond acceptors (Lipinski definition) is 4. The van der Waals surface area contributed by atoms with Crippen LogP contribution in [0.5, 0.6) is 5.75 Å². The number of rotatable bonds is 6. The second-order valence-electron chi connectivity index (χ2n) is 6.83. The van der Waals surface area contributed by atoms with Gasteiger partial charge in [-0.1, -0.05) is 29.8 Å². The molecule has 27 heavy (non-hydrogen) atoms. The molecule has 1 heterocycles. The smallest absolute Gasteiger partial charge is 0.243 e. The van der Waals surface area contributed by atoms with Gasteiger partial charge in [0, 0.05) is 19.5 Å². The molecule has 7 heteroatoms. The van der Waals surface area contributed by atoms with Crippen LogP contribution in [-0.2, 0) is 21.2 Å². The Morgan fingerprint density at radius 3 is 2.59 bits per heavy atom. The second kappa shape index (κ2) is 8.10. The molecule has 1 aliphatic heterocycles. The summed E-state index contributed by atoms with van der Waals surface area (Å²) in [6.45, 7) is 3.00. The van der Waals surface area contributed by atoms with Crippen LogP contribution >= 0.6 is 0 Å². The Labute approximate surface area is 159 Å². The van der Waals surface area contributed by atoms with Crippen molar-refractivity contribution < 1.29 is 18.3 Å². The van der Waals surface area contributed by atoms with Crippen LogP contribution in [0.25, 0.3) is 0 Å². The molecule has 0 saturated carbocycles. The van der Waals surface area contributed by atoms with Crippen LogP contribution in [0.1, 0.15) is 30.4 Å². The van der Waals surface area contributed by atoms with Gasteiger partial charge in [0.25, 0.3) is 0 Å². The number of aryl methyl sites for hydroxylation is 2. The molecule has 0 aromatic heterocycles. The zero-order chi connectivity index (χ0) is 19.4. The maximum Gasteiger partial charge on any atom is 0.243 e. The number of aromatic hydroxyl groups is 1. The summed E-state index contributed by atoms with van der Waals surface area (Å²) in [5.41, 5.74) is 2.30. The molecule has 1 aliphatic rings. The zero-order valence-electron chi connectivity index (χ0n) is 15.3. The molecule has 3 rings (SSSR count). The summed E-state index contributed by atoms with van der Waals surface area (Å²) in [6.07, 6.45) is 2.51. The minimum atomic E-state index is -3.60. The lowest BCUT2D eigenvalue weighted by atomic mass is 10.1. The minimum absolute atomic E-state index is 0.0798. The summed E-state index contributed by atoms with van der Waals surface area (Å²) in [7, 11) is -3.60. The van der Waals surface area contributed by atoms with Crippen molar-refractivity contribution >= 4 is 21.6 Å². The lowest BCUT2D eigenvalue weighted by Crippen LogP contribution is -2.28. The summed E-state index contributed by atoms with van der Waals surface area (Å²) in [4.78, 5) is 12.3. The Bertz CT molecular complexity index is 935. The fourth-order valence-corrected chi connectivity index (χ4v) is 4.74. The van der Waals surface area contributed by atoms with Crippen LogP contribution in [0.15, 0.2) is 47.4 Å². The van der Waals surface area contributed by atoms with Crippen molar-refractivity contribution in [3.63, 3.8) is 0 Å². The highest BCUT2D eigenvalue weighted by atomic mass is 32.2. The van der Waals surface area contributed by atoms with Crippen LogP contribution < -0.4 is 5.32 Å². The van der Waals surface area contributed by atoms with E-state index in [0.29, 0.717) is 19.5 Å². The first-order valence-corrected chi connectivity index (χ1v) is 10.5. The monoisotopic (exact) mass is 388 g/mol. The number of sulfonamides is 1. The van der Waals surface area contributed by atoms with Gasteiger partial charge >= 0.3 is 0 Å². The number of phenols is 1. The number of nitrogens with zero attached hydrogens (tertiary/aromatic N) is 1. The van der Waals surface area contributed by atoms with Crippen LogP contribution in [0.4, 0.5) is 5.69 Å². The summed E-state index contributed by atoms with van der Waals surface area (Å²) < 4.78 is 26.7. The first kappa shape index (κ1) is 19.4. The number of hydrogen-bond donors (Lipinski definition) is 2. The minimum Gasteiger partial charge on any atom is -0.506 e. The quantitative estimate of drug-likeness (QED) is 0.745. The van der Waals surface area contributed by atoms with E-state index in [9.17, 15) is 18.3 Å². The summed E-state index contributed by atoms with van der Waals surface area (Å²) in [6, 6.07) is 11.9. The van der Waals surface area contributed by atoms with Gasteiger partial charge in [-0.3, -0.25) is 4.79 Å². The highest BCUT2D eigenvalue weighted by Crippen LogP contribution is 2.29. The Kier molecular flexibility index (Phi) is 5.82. The lowest BCUT2D eigenvalue weighted by molar-refractivity contribution is -0.116. The van der Waals surface area contributed by atoms with Gasteiger partial charge in [0.1, 0.15) is 5.75 Å². The highest BCUT2D eigenvalue weighted by Gasteiger charge is 2.27. The molecule has 1 saturated heterocycles. The van der Waals surface area contributed by atoms with Crippen molar-refractivity contribution in [2.45, 2.75) is 37.5 Å². The number of carbonyl (C=O) groups is 1. The maximum absolute atomic E-state index is 12.7. The van der Waals surface area contributed by atoms with E-state index in [0.717, 1.165) is 24.0 Å². The molecule has 1 amide bonds. The van der Waals surface area contributed by atoms with Gasteiger partial charge in [-0.05, 0) is 49.9 Å². The Morgan fingerprint density at radius 2 is 1.89 bits per heavy atom. The number of amides is 1. The molecular formula is C20H24N2O4S. The molecule has 0 spiro atoms. The molecular weight excluding hydrogens is 364 g/mol. The van der Waals surface area contributed by atoms with E-state index in [1.54, 1.807) is 0 Å². The Balaban J connectivity index is 1.70. The maximum atomic E-state index is 12.7. The predicted molar refractivity (Wildman–Crippen MR) is 104 cm³/mol. The van der Waals surface area contributed by atoms with Crippen LogP contribution in [0.2, 0.25) is 0 Å². The summed E-state index contributed by atoms with van der Waals surface area (Å²) >= 11 is 0. The van der Waals surface area contributed by atoms with E-state index in [4.69, 9.17) is 0 Å². The van der Waals surface area contributed by atoms with Crippen LogP contribution in [0.3, 0.4) is 0 Å². The number of phenolic OH excluding ortho intramolecular Hbond substituents is 1. The second-order valence-corrected chi connectivity index (χ2v) is 8.77. The van der Waals surface area contributed by atoms with E-state index >= 15 is 0 Å². The van der Waals surface area contributed by atoms with Gasteiger partial charge in [0.2, 0.25) is 15.9 Å². The Hall–Kier alpha value is -2.38. The van der Waals surface area contributed by atoms with E-state index in [1.807, 2.05) is 31.2 Å². The topological polar surface area (TPSA) is 86.7 Å². The molecule has 1 fully saturated rings. The average Bonchev–Trinajstić information content (AvgIpc) is 3.17. The zero-order valence-corrected chi connectivity index (χ0v) is 16.1. The van der Waals surface area contributed by atoms with Crippen molar-refractivity contribution in [2.75, 3.05) is 18.4 Å². The molecule has 0 radical (unpaired) electrons. The third-order valence-corrected chi connectivity index (χ3v) is 6.56. The normalized spacial score (nSPS) is 15.0. The van der Waals surface area contributed by atoms with Gasteiger partial charge in [-0.2, -0.15) is 4.31 Å². The Morgan fingerprint density at radius 1 is 1.15 bits per heavy atom. The van der Waals surface area contributed by atoms with Crippen molar-refractivity contribution in [1.82, 2.24) is 4.31 Å². The highest BCUT2D eigenvalue weighted by molar-refractivity contribution is 7.89. The summed E-state index contributed by atoms with van der Waals surface area (Å²) in [5.74, 6) is -0.429. The van der Waals surface area contributed by atoms with E-state index < -0.39 is 10.0 Å². The fourth-order valence-electron chi connectivity index (χ4n) is 3.19. The average molecular weight is 388 g/mol. The van der Waals surface area contributed by atoms with Crippen molar-refractivity contribution in [2.24, 2.45) is 0 Å². The van der Waals surface area contributed by atoms with Crippen molar-refractivity contribution in [1.29, 1.82) is 0 Å². The van der Waals surface area contributed by atoms with Gasteiger partial charge in [-0.15, -0.1) is 0 Å². The fraction of sp³-hybridized carbons (Fsp3) is 0.350. The standard InChI is InChI=1S/C20H24N2O4S/c1-15-5-4-6-16(13-15)7-10-20(24)21-18-14-17(8-9-19(18)23)27(25,26)22-11-2-3-12-22/h4-6,8-9,13-14,23H,2-3,7,10-12H2,1H3,(H,21,24). The lowest BCUT2D eigenvalue weighted by Gasteiger charge is -2.16. The third-order valence-electron chi connectivity index (χ3n) is 4.67. The number of anilines is 1. The molecule has 0 atom stereocenters. The predicted octanol–water partition coefficient (Wildman–Crippen LogP) is 3.06. The molecule has 2 aromatic rings. The molecule has 2 aromatic carbocycles. The number of carbonyl (C=O) groups excluding carboxylic acids is 1. The van der Waals surface area contributed by atoms with E-state index in [1.165, 1.54) is 22.5 Å². The molecule has 6 nitrogen and oxygen atoms in total. The SMILES string of the molecule is Cc1cccc(CCC(=O)Nc2cc(S(=O)(=O)N3CCCC3)ccc2O)c1. The van der Waals surface area contributed by atoms with Crippen molar-refractivity contribution in [3.05, 3.63) is 53.6 Å². The van der Waals surface area contributed by atoms with E-state index in [2.05, 4.69) is 5.32 Å². The molecule has 2 N–H and O–H groups in total. The van der Waals surface area contributed by atoms with Crippen molar-refractivity contribution in [3.8, 4) is 5.75 Å². The number of nitrogens with one attached hydrogen (secondary N) is 1. The molecule has 0 bridgehead atoms. The number of benzene rings is 2. The van der Waals surface area contributed by atoms with Gasteiger partial charge < -0.3 is 10.4 Å². The van der Waals surface area contributed by atoms with Crippen LogP contribution in [-0.4, -0.2) is 36.8 Å². The largest absolute Gasteiger partial charge is 0.506 e. The van der Waals surface area contributed by atoms with Gasteiger partial charge in [0.15, 0.2) is 0 Å². The van der Waals surface area contributed by atoms with E-state index in [-0.39, 0.29) is 28.7 Å². The summed E-state index contributed by atoms with van der Waals surface area (Å²) in [5, 5.41) is 12.6. The van der Waals surface area contributed by atoms with Gasteiger partial charge in [0.05, 0.1) is 10.6 Å². The molecule has 144 valence electrons. The van der Waals surface area contributed by atoms with Crippen LogP contribution in [0, 0.1) is 6.92 Å². The third kappa shape index (κ3) is 4.67. The first-order valence-electron chi connectivity index (χ1n) is 9.05. The molecule has 0 aliphatic carbocycles. The first-order chi connectivity index (χ1) is 12.9. The molecule has 0 unspecified atom stereocenters.